The molecule has 0 radical (unpaired) electrons. The highest BCUT2D eigenvalue weighted by Gasteiger charge is 2.53. The predicted molar refractivity (Wildman–Crippen MR) is 113 cm³/mol. The minimum absolute atomic E-state index is 0.0766. The number of rotatable bonds is 4. The third-order valence-corrected chi connectivity index (χ3v) is 7.09. The molecule has 0 aliphatic carbocycles. The van der Waals surface area contributed by atoms with Gasteiger partial charge in [0.15, 0.2) is 17.5 Å². The summed E-state index contributed by atoms with van der Waals surface area (Å²) in [5.74, 6) is -6.13. The molecular formula is C22H27F3N2O3S. The summed E-state index contributed by atoms with van der Waals surface area (Å²) in [6.45, 7) is 11.6. The van der Waals surface area contributed by atoms with E-state index in [2.05, 4.69) is 10.6 Å². The van der Waals surface area contributed by atoms with Crippen LogP contribution in [-0.2, 0) is 9.53 Å². The summed E-state index contributed by atoms with van der Waals surface area (Å²) in [7, 11) is 0. The maximum Gasteiger partial charge on any atom is 0.337 e. The molecule has 1 aromatic carbocycles. The van der Waals surface area contributed by atoms with Crippen LogP contribution in [0.5, 0.6) is 0 Å². The lowest BCUT2D eigenvalue weighted by atomic mass is 9.72. The summed E-state index contributed by atoms with van der Waals surface area (Å²) < 4.78 is 45.9. The largest absolute Gasteiger partial charge is 0.460 e. The lowest BCUT2D eigenvalue weighted by molar-refractivity contribution is -0.143. The number of benzene rings is 1. The summed E-state index contributed by atoms with van der Waals surface area (Å²) >= 11 is 1.32. The van der Waals surface area contributed by atoms with Gasteiger partial charge in [-0.3, -0.25) is 4.79 Å². The molecule has 3 rings (SSSR count). The zero-order valence-electron chi connectivity index (χ0n) is 18.4. The van der Waals surface area contributed by atoms with Gasteiger partial charge in [-0.15, -0.1) is 11.8 Å². The summed E-state index contributed by atoms with van der Waals surface area (Å²) in [4.78, 5) is 25.7. The Morgan fingerprint density at radius 2 is 1.74 bits per heavy atom. The molecule has 2 atom stereocenters. The molecule has 0 bridgehead atoms. The number of nitrogens with one attached hydrogen (secondary N) is 2. The summed E-state index contributed by atoms with van der Waals surface area (Å²) in [6, 6.07) is 1.25. The van der Waals surface area contributed by atoms with Gasteiger partial charge in [-0.2, -0.15) is 0 Å². The van der Waals surface area contributed by atoms with Crippen LogP contribution in [0.15, 0.2) is 22.7 Å². The SMILES string of the molecule is CC(C)OC(=O)C1=C(NC(=O)c2cc(F)c(F)c(F)c2)SC2C1CC(C)(C)NC2(C)C. The Kier molecular flexibility index (Phi) is 6.23. The van der Waals surface area contributed by atoms with Gasteiger partial charge in [-0.25, -0.2) is 18.0 Å². The standard InChI is InChI=1S/C22H27F3N2O3S/c1-10(2)30-20(29)15-12-9-21(3,4)27-22(5,6)17(12)31-19(15)26-18(28)11-7-13(23)16(25)14(24)8-11/h7-8,10,12,17,27H,9H2,1-6H3,(H,26,28). The van der Waals surface area contributed by atoms with Crippen molar-refractivity contribution in [2.75, 3.05) is 0 Å². The van der Waals surface area contributed by atoms with E-state index in [9.17, 15) is 22.8 Å². The number of esters is 1. The summed E-state index contributed by atoms with van der Waals surface area (Å²) in [5, 5.41) is 6.41. The maximum absolute atomic E-state index is 13.6. The van der Waals surface area contributed by atoms with Crippen molar-refractivity contribution in [1.82, 2.24) is 10.6 Å². The maximum atomic E-state index is 13.6. The molecule has 31 heavy (non-hydrogen) atoms. The molecule has 2 heterocycles. The van der Waals surface area contributed by atoms with Gasteiger partial charge >= 0.3 is 5.97 Å². The van der Waals surface area contributed by atoms with Gasteiger partial charge in [0.05, 0.1) is 16.7 Å². The fraction of sp³-hybridized carbons (Fsp3) is 0.545. The Labute approximate surface area is 184 Å². The normalized spacial score (nSPS) is 24.2. The number of hydrogen-bond donors (Lipinski definition) is 2. The number of carbonyl (C=O) groups excluding carboxylic acids is 2. The molecule has 1 amide bonds. The van der Waals surface area contributed by atoms with Crippen LogP contribution >= 0.6 is 11.8 Å². The average Bonchev–Trinajstić information content (AvgIpc) is 2.95. The monoisotopic (exact) mass is 456 g/mol. The molecule has 2 N–H and O–H groups in total. The molecule has 0 saturated carbocycles. The molecule has 2 aliphatic heterocycles. The molecule has 0 aromatic heterocycles. The van der Waals surface area contributed by atoms with Gasteiger partial charge in [0.25, 0.3) is 5.91 Å². The zero-order chi connectivity index (χ0) is 23.3. The smallest absolute Gasteiger partial charge is 0.337 e. The van der Waals surface area contributed by atoms with Crippen molar-refractivity contribution in [1.29, 1.82) is 0 Å². The van der Waals surface area contributed by atoms with Crippen molar-refractivity contribution in [3.63, 3.8) is 0 Å². The van der Waals surface area contributed by atoms with E-state index in [0.29, 0.717) is 29.2 Å². The van der Waals surface area contributed by atoms with Gasteiger partial charge in [0.2, 0.25) is 0 Å². The zero-order valence-corrected chi connectivity index (χ0v) is 19.2. The number of piperidine rings is 1. The Bertz CT molecular complexity index is 936. The van der Waals surface area contributed by atoms with Crippen LogP contribution in [-0.4, -0.2) is 34.3 Å². The molecular weight excluding hydrogens is 429 g/mol. The highest BCUT2D eigenvalue weighted by atomic mass is 32.2. The van der Waals surface area contributed by atoms with Crippen LogP contribution in [0.3, 0.4) is 0 Å². The van der Waals surface area contributed by atoms with Gasteiger partial charge in [0, 0.05) is 27.8 Å². The van der Waals surface area contributed by atoms with Crippen molar-refractivity contribution in [3.05, 3.63) is 45.8 Å². The van der Waals surface area contributed by atoms with Gasteiger partial charge in [0.1, 0.15) is 0 Å². The first-order chi connectivity index (χ1) is 14.2. The first kappa shape index (κ1) is 23.7. The Hall–Kier alpha value is -2.00. The number of amides is 1. The predicted octanol–water partition coefficient (Wildman–Crippen LogP) is 4.28. The second-order valence-corrected chi connectivity index (χ2v) is 10.6. The molecule has 2 unspecified atom stereocenters. The van der Waals surface area contributed by atoms with E-state index in [0.717, 1.165) is 0 Å². The quantitative estimate of drug-likeness (QED) is 0.523. The Morgan fingerprint density at radius 3 is 2.29 bits per heavy atom. The second-order valence-electron chi connectivity index (χ2n) is 9.48. The van der Waals surface area contributed by atoms with Gasteiger partial charge < -0.3 is 15.4 Å². The summed E-state index contributed by atoms with van der Waals surface area (Å²) in [6.07, 6.45) is 0.277. The third kappa shape index (κ3) is 4.77. The van der Waals surface area contributed by atoms with E-state index in [4.69, 9.17) is 4.74 Å². The molecule has 0 spiro atoms. The van der Waals surface area contributed by atoms with E-state index < -0.39 is 29.3 Å². The van der Waals surface area contributed by atoms with Crippen LogP contribution < -0.4 is 10.6 Å². The number of carbonyl (C=O) groups is 2. The highest BCUT2D eigenvalue weighted by molar-refractivity contribution is 8.04. The van der Waals surface area contributed by atoms with Gasteiger partial charge in [-0.1, -0.05) is 0 Å². The van der Waals surface area contributed by atoms with E-state index in [-0.39, 0.29) is 33.9 Å². The van der Waals surface area contributed by atoms with Gasteiger partial charge in [-0.05, 0) is 60.1 Å². The fourth-order valence-electron chi connectivity index (χ4n) is 4.48. The molecule has 1 saturated heterocycles. The lowest BCUT2D eigenvalue weighted by Gasteiger charge is -2.49. The van der Waals surface area contributed by atoms with E-state index >= 15 is 0 Å². The topological polar surface area (TPSA) is 67.4 Å². The minimum atomic E-state index is -1.65. The first-order valence-electron chi connectivity index (χ1n) is 10.1. The van der Waals surface area contributed by atoms with E-state index in [1.807, 2.05) is 27.7 Å². The van der Waals surface area contributed by atoms with Crippen LogP contribution in [0.2, 0.25) is 0 Å². The number of hydrogen-bond acceptors (Lipinski definition) is 5. The highest BCUT2D eigenvalue weighted by Crippen LogP contribution is 2.52. The van der Waals surface area contributed by atoms with Crippen LogP contribution in [0.1, 0.15) is 58.3 Å². The van der Waals surface area contributed by atoms with Crippen LogP contribution in [0.25, 0.3) is 0 Å². The van der Waals surface area contributed by atoms with Crippen molar-refractivity contribution in [2.24, 2.45) is 5.92 Å². The van der Waals surface area contributed by atoms with Crippen LogP contribution in [0, 0.1) is 23.4 Å². The van der Waals surface area contributed by atoms with E-state index in [1.54, 1.807) is 13.8 Å². The minimum Gasteiger partial charge on any atom is -0.460 e. The molecule has 5 nitrogen and oxygen atoms in total. The second kappa shape index (κ2) is 8.16. The Morgan fingerprint density at radius 1 is 1.16 bits per heavy atom. The lowest BCUT2D eigenvalue weighted by Crippen LogP contribution is -2.64. The fourth-order valence-corrected chi connectivity index (χ4v) is 5.99. The average molecular weight is 457 g/mol. The molecule has 170 valence electrons. The number of thioether (sulfide) groups is 1. The molecule has 1 aromatic rings. The van der Waals surface area contributed by atoms with E-state index in [1.165, 1.54) is 11.8 Å². The third-order valence-electron chi connectivity index (χ3n) is 5.36. The molecule has 2 aliphatic rings. The number of halogens is 3. The van der Waals surface area contributed by atoms with Crippen molar-refractivity contribution in [3.8, 4) is 0 Å². The number of fused-ring (bicyclic) bond motifs is 1. The Balaban J connectivity index is 2.00. The van der Waals surface area contributed by atoms with Crippen molar-refractivity contribution >= 4 is 23.6 Å². The number of ether oxygens (including phenoxy) is 1. The van der Waals surface area contributed by atoms with Crippen molar-refractivity contribution < 1.29 is 27.5 Å². The molecule has 9 heteroatoms. The van der Waals surface area contributed by atoms with Crippen molar-refractivity contribution in [2.45, 2.75) is 70.4 Å². The molecule has 1 fully saturated rings. The first-order valence-corrected chi connectivity index (χ1v) is 11.0. The van der Waals surface area contributed by atoms with Crippen LogP contribution in [0.4, 0.5) is 13.2 Å². The summed E-state index contributed by atoms with van der Waals surface area (Å²) in [5.41, 5.74) is -0.672.